The topological polar surface area (TPSA) is 105 Å². The number of anilines is 1. The van der Waals surface area contributed by atoms with Gasteiger partial charge in [0.25, 0.3) is 0 Å². The Morgan fingerprint density at radius 1 is 1.15 bits per heavy atom. The molecule has 2 aromatic rings. The van der Waals surface area contributed by atoms with Crippen molar-refractivity contribution in [3.63, 3.8) is 0 Å². The van der Waals surface area contributed by atoms with Gasteiger partial charge >= 0.3 is 0 Å². The molecule has 1 saturated heterocycles. The normalized spacial score (nSPS) is 18.8. The van der Waals surface area contributed by atoms with E-state index in [1.54, 1.807) is 42.3 Å². The highest BCUT2D eigenvalue weighted by molar-refractivity contribution is 8.01. The average molecular weight is 490 g/mol. The Morgan fingerprint density at radius 3 is 2.64 bits per heavy atom. The van der Waals surface area contributed by atoms with Crippen molar-refractivity contribution in [2.75, 3.05) is 25.5 Å². The van der Waals surface area contributed by atoms with Crippen molar-refractivity contribution >= 4 is 39.3 Å². The SMILES string of the molecule is COc1cccc(CNS(=O)(=O)c2ccc3c(c2)NC(=O)[C@@H](C(=O)N2CCCCCC2)S3)c1. The van der Waals surface area contributed by atoms with Crippen molar-refractivity contribution < 1.29 is 22.7 Å². The molecule has 2 aromatic carbocycles. The lowest BCUT2D eigenvalue weighted by Crippen LogP contribution is -2.45. The van der Waals surface area contributed by atoms with Crippen molar-refractivity contribution in [3.8, 4) is 5.75 Å². The molecule has 8 nitrogen and oxygen atoms in total. The number of sulfonamides is 1. The molecule has 1 fully saturated rings. The minimum absolute atomic E-state index is 0.0438. The first-order valence-electron chi connectivity index (χ1n) is 10.9. The van der Waals surface area contributed by atoms with E-state index >= 15 is 0 Å². The van der Waals surface area contributed by atoms with Crippen LogP contribution in [0.1, 0.15) is 31.2 Å². The molecule has 2 aliphatic rings. The van der Waals surface area contributed by atoms with E-state index in [-0.39, 0.29) is 17.3 Å². The molecule has 0 aliphatic carbocycles. The van der Waals surface area contributed by atoms with E-state index in [0.29, 0.717) is 29.4 Å². The third-order valence-electron chi connectivity index (χ3n) is 5.74. The molecule has 10 heteroatoms. The average Bonchev–Trinajstić information content (AvgIpc) is 3.11. The summed E-state index contributed by atoms with van der Waals surface area (Å²) in [5, 5.41) is 1.87. The van der Waals surface area contributed by atoms with Crippen LogP contribution in [0, 0.1) is 0 Å². The lowest BCUT2D eigenvalue weighted by Gasteiger charge is -2.28. The van der Waals surface area contributed by atoms with E-state index in [1.165, 1.54) is 23.9 Å². The van der Waals surface area contributed by atoms with Gasteiger partial charge < -0.3 is 15.0 Å². The first-order valence-corrected chi connectivity index (χ1v) is 13.3. The number of carbonyl (C=O) groups is 2. The van der Waals surface area contributed by atoms with Gasteiger partial charge in [0.05, 0.1) is 17.7 Å². The molecular formula is C23H27N3O5S2. The van der Waals surface area contributed by atoms with Gasteiger partial charge in [-0.3, -0.25) is 9.59 Å². The van der Waals surface area contributed by atoms with Gasteiger partial charge in [-0.1, -0.05) is 25.0 Å². The number of carbonyl (C=O) groups excluding carboxylic acids is 2. The number of benzene rings is 2. The van der Waals surface area contributed by atoms with Gasteiger partial charge in [0.2, 0.25) is 21.8 Å². The molecule has 0 bridgehead atoms. The lowest BCUT2D eigenvalue weighted by atomic mass is 10.2. The smallest absolute Gasteiger partial charge is 0.247 e. The summed E-state index contributed by atoms with van der Waals surface area (Å²) in [4.78, 5) is 28.1. The van der Waals surface area contributed by atoms with Crippen molar-refractivity contribution in [1.29, 1.82) is 0 Å². The fraction of sp³-hybridized carbons (Fsp3) is 0.391. The number of nitrogens with one attached hydrogen (secondary N) is 2. The molecular weight excluding hydrogens is 462 g/mol. The molecule has 2 amide bonds. The summed E-state index contributed by atoms with van der Waals surface area (Å²) in [6, 6.07) is 11.7. The van der Waals surface area contributed by atoms with Crippen molar-refractivity contribution in [3.05, 3.63) is 48.0 Å². The summed E-state index contributed by atoms with van der Waals surface area (Å²) in [6.07, 6.45) is 4.09. The highest BCUT2D eigenvalue weighted by Crippen LogP contribution is 2.38. The zero-order chi connectivity index (χ0) is 23.4. The molecule has 0 aromatic heterocycles. The van der Waals surface area contributed by atoms with Gasteiger partial charge in [-0.25, -0.2) is 13.1 Å². The number of hydrogen-bond acceptors (Lipinski definition) is 6. The summed E-state index contributed by atoms with van der Waals surface area (Å²) < 4.78 is 33.4. The Labute approximate surface area is 198 Å². The number of hydrogen-bond donors (Lipinski definition) is 2. The second-order valence-electron chi connectivity index (χ2n) is 8.06. The summed E-state index contributed by atoms with van der Waals surface area (Å²) in [5.41, 5.74) is 1.16. The number of likely N-dealkylation sites (tertiary alicyclic amines) is 1. The fourth-order valence-corrected chi connectivity index (χ4v) is 6.02. The molecule has 0 unspecified atom stereocenters. The standard InChI is InChI=1S/C23H27N3O5S2/c1-31-17-8-6-7-16(13-17)15-24-33(29,30)18-9-10-20-19(14-18)25-22(27)21(32-20)23(28)26-11-4-2-3-5-12-26/h6-10,13-14,21,24H,2-5,11-12,15H2,1H3,(H,25,27)/t21-/m0/s1. The molecule has 0 saturated carbocycles. The predicted octanol–water partition coefficient (Wildman–Crippen LogP) is 2.99. The van der Waals surface area contributed by atoms with Crippen LogP contribution < -0.4 is 14.8 Å². The Kier molecular flexibility index (Phi) is 7.26. The Morgan fingerprint density at radius 2 is 1.91 bits per heavy atom. The molecule has 0 radical (unpaired) electrons. The summed E-state index contributed by atoms with van der Waals surface area (Å²) in [7, 11) is -2.26. The van der Waals surface area contributed by atoms with Crippen LogP contribution in [0.3, 0.4) is 0 Å². The van der Waals surface area contributed by atoms with E-state index in [1.807, 2.05) is 0 Å². The maximum Gasteiger partial charge on any atom is 0.247 e. The zero-order valence-electron chi connectivity index (χ0n) is 18.4. The molecule has 4 rings (SSSR count). The number of ether oxygens (including phenoxy) is 1. The number of fused-ring (bicyclic) bond motifs is 1. The van der Waals surface area contributed by atoms with Crippen molar-refractivity contribution in [2.45, 2.75) is 47.3 Å². The highest BCUT2D eigenvalue weighted by Gasteiger charge is 2.36. The van der Waals surface area contributed by atoms with E-state index in [0.717, 1.165) is 31.2 Å². The number of methoxy groups -OCH3 is 1. The minimum atomic E-state index is -3.81. The van der Waals surface area contributed by atoms with E-state index in [9.17, 15) is 18.0 Å². The molecule has 2 aliphatic heterocycles. The van der Waals surface area contributed by atoms with Gasteiger partial charge in [-0.2, -0.15) is 0 Å². The molecule has 2 N–H and O–H groups in total. The molecule has 176 valence electrons. The first kappa shape index (κ1) is 23.6. The third kappa shape index (κ3) is 5.51. The van der Waals surface area contributed by atoms with Gasteiger partial charge in [0, 0.05) is 24.5 Å². The Hall–Kier alpha value is -2.56. The van der Waals surface area contributed by atoms with Crippen LogP contribution >= 0.6 is 11.8 Å². The Bertz CT molecular complexity index is 1140. The van der Waals surface area contributed by atoms with Crippen LogP contribution in [0.15, 0.2) is 52.3 Å². The van der Waals surface area contributed by atoms with Crippen molar-refractivity contribution in [2.24, 2.45) is 0 Å². The lowest BCUT2D eigenvalue weighted by molar-refractivity contribution is -0.133. The maximum atomic E-state index is 12.9. The van der Waals surface area contributed by atoms with Crippen LogP contribution in [0.4, 0.5) is 5.69 Å². The first-order chi connectivity index (χ1) is 15.9. The van der Waals surface area contributed by atoms with Gasteiger partial charge in [-0.05, 0) is 48.7 Å². The zero-order valence-corrected chi connectivity index (χ0v) is 20.0. The number of thioether (sulfide) groups is 1. The predicted molar refractivity (Wildman–Crippen MR) is 127 cm³/mol. The highest BCUT2D eigenvalue weighted by atomic mass is 32.2. The van der Waals surface area contributed by atoms with Gasteiger partial charge in [-0.15, -0.1) is 11.8 Å². The summed E-state index contributed by atoms with van der Waals surface area (Å²) in [6.45, 7) is 1.45. The number of rotatable bonds is 6. The van der Waals surface area contributed by atoms with Crippen LogP contribution in [0.25, 0.3) is 0 Å². The second-order valence-corrected chi connectivity index (χ2v) is 11.0. The van der Waals surface area contributed by atoms with Gasteiger partial charge in [0.15, 0.2) is 5.25 Å². The van der Waals surface area contributed by atoms with Crippen LogP contribution in [-0.2, 0) is 26.2 Å². The number of amides is 2. The summed E-state index contributed by atoms with van der Waals surface area (Å²) >= 11 is 1.17. The van der Waals surface area contributed by atoms with Crippen LogP contribution in [-0.4, -0.2) is 50.6 Å². The largest absolute Gasteiger partial charge is 0.497 e. The quantitative estimate of drug-likeness (QED) is 0.605. The minimum Gasteiger partial charge on any atom is -0.497 e. The third-order valence-corrected chi connectivity index (χ3v) is 8.40. The monoisotopic (exact) mass is 489 g/mol. The van der Waals surface area contributed by atoms with E-state index < -0.39 is 21.2 Å². The summed E-state index contributed by atoms with van der Waals surface area (Å²) in [5.74, 6) is 0.0480. The molecule has 1 atom stereocenters. The molecule has 33 heavy (non-hydrogen) atoms. The van der Waals surface area contributed by atoms with Crippen LogP contribution in [0.5, 0.6) is 5.75 Å². The van der Waals surface area contributed by atoms with Crippen molar-refractivity contribution in [1.82, 2.24) is 9.62 Å². The van der Waals surface area contributed by atoms with E-state index in [2.05, 4.69) is 10.0 Å². The number of nitrogens with zero attached hydrogens (tertiary/aromatic N) is 1. The fourth-order valence-electron chi connectivity index (χ4n) is 3.92. The second kappa shape index (κ2) is 10.1. The van der Waals surface area contributed by atoms with E-state index in [4.69, 9.17) is 4.74 Å². The molecule has 2 heterocycles. The van der Waals surface area contributed by atoms with Gasteiger partial charge in [0.1, 0.15) is 5.75 Å². The maximum absolute atomic E-state index is 12.9. The molecule has 0 spiro atoms. The Balaban J connectivity index is 1.46. The van der Waals surface area contributed by atoms with Crippen LogP contribution in [0.2, 0.25) is 0 Å².